The number of ether oxygens (including phenoxy) is 1. The number of rotatable bonds is 5. The molecule has 0 unspecified atom stereocenters. The van der Waals surface area contributed by atoms with E-state index in [-0.39, 0.29) is 5.91 Å². The second kappa shape index (κ2) is 6.63. The number of carbonyl (C=O) groups excluding carboxylic acids is 1. The van der Waals surface area contributed by atoms with Gasteiger partial charge in [-0.25, -0.2) is 0 Å². The fourth-order valence-corrected chi connectivity index (χ4v) is 4.23. The van der Waals surface area contributed by atoms with Crippen LogP contribution in [-0.2, 0) is 16.1 Å². The molecule has 2 heterocycles. The Morgan fingerprint density at radius 3 is 2.80 bits per heavy atom. The number of fused-ring (bicyclic) bond motifs is 1. The maximum Gasteiger partial charge on any atom is 0.224 e. The van der Waals surface area contributed by atoms with Crippen LogP contribution < -0.4 is 5.32 Å². The third-order valence-electron chi connectivity index (χ3n) is 5.28. The molecule has 2 fully saturated rings. The van der Waals surface area contributed by atoms with Gasteiger partial charge in [0.15, 0.2) is 0 Å². The molecule has 5 nitrogen and oxygen atoms in total. The summed E-state index contributed by atoms with van der Waals surface area (Å²) >= 11 is 6.40. The number of amides is 1. The van der Waals surface area contributed by atoms with E-state index in [4.69, 9.17) is 16.3 Å². The molecule has 0 radical (unpaired) electrons. The van der Waals surface area contributed by atoms with Gasteiger partial charge in [-0.3, -0.25) is 4.79 Å². The summed E-state index contributed by atoms with van der Waals surface area (Å²) in [7, 11) is 0. The number of hydrogen-bond donors (Lipinski definition) is 2. The normalized spacial score (nSPS) is 19.9. The number of nitrogens with one attached hydrogen (secondary N) is 1. The average molecular weight is 363 g/mol. The van der Waals surface area contributed by atoms with E-state index in [1.165, 1.54) is 12.8 Å². The predicted molar refractivity (Wildman–Crippen MR) is 97.9 cm³/mol. The molecule has 1 saturated heterocycles. The lowest BCUT2D eigenvalue weighted by Crippen LogP contribution is -2.52. The van der Waals surface area contributed by atoms with E-state index in [9.17, 15) is 9.90 Å². The summed E-state index contributed by atoms with van der Waals surface area (Å²) in [5.74, 6) is 0.535. The Bertz CT molecular complexity index is 791. The number of hydrogen-bond acceptors (Lipinski definition) is 3. The van der Waals surface area contributed by atoms with Crippen molar-refractivity contribution in [2.45, 2.75) is 44.2 Å². The third-order valence-corrected chi connectivity index (χ3v) is 5.60. The van der Waals surface area contributed by atoms with Crippen molar-refractivity contribution in [2.75, 3.05) is 18.5 Å². The topological polar surface area (TPSA) is 63.5 Å². The van der Waals surface area contributed by atoms with Crippen LogP contribution >= 0.6 is 11.6 Å². The van der Waals surface area contributed by atoms with Crippen molar-refractivity contribution in [2.24, 2.45) is 5.92 Å². The van der Waals surface area contributed by atoms with Crippen molar-refractivity contribution in [3.05, 3.63) is 29.4 Å². The fourth-order valence-electron chi connectivity index (χ4n) is 3.96. The lowest BCUT2D eigenvalue weighted by atomic mass is 10.0. The van der Waals surface area contributed by atoms with Crippen molar-refractivity contribution < 1.29 is 14.6 Å². The molecule has 1 amide bonds. The first-order valence-corrected chi connectivity index (χ1v) is 9.29. The predicted octanol–water partition coefficient (Wildman–Crippen LogP) is 3.57. The highest BCUT2D eigenvalue weighted by Gasteiger charge is 2.37. The van der Waals surface area contributed by atoms with E-state index in [0.29, 0.717) is 42.8 Å². The number of anilines is 1. The zero-order valence-corrected chi connectivity index (χ0v) is 14.9. The number of aromatic nitrogens is 1. The molecular weight excluding hydrogens is 340 g/mol. The molecule has 0 atom stereocenters. The largest absolute Gasteiger partial charge is 0.383 e. The van der Waals surface area contributed by atoms with Crippen molar-refractivity contribution in [3.8, 4) is 0 Å². The van der Waals surface area contributed by atoms with Crippen LogP contribution in [0.25, 0.3) is 10.9 Å². The summed E-state index contributed by atoms with van der Waals surface area (Å²) < 4.78 is 7.09. The van der Waals surface area contributed by atoms with Gasteiger partial charge in [0.2, 0.25) is 5.91 Å². The summed E-state index contributed by atoms with van der Waals surface area (Å²) in [6.45, 7) is 1.08. The molecule has 2 N–H and O–H groups in total. The SMILES string of the molecule is O=C(CC1CCCC1)Nc1cn(CC2(O)COC2)c2cccc(Cl)c12. The Morgan fingerprint density at radius 2 is 2.12 bits per heavy atom. The smallest absolute Gasteiger partial charge is 0.224 e. The van der Waals surface area contributed by atoms with E-state index < -0.39 is 5.60 Å². The van der Waals surface area contributed by atoms with Crippen LogP contribution in [0.1, 0.15) is 32.1 Å². The van der Waals surface area contributed by atoms with E-state index in [2.05, 4.69) is 5.32 Å². The molecular formula is C19H23ClN2O3. The van der Waals surface area contributed by atoms with E-state index in [0.717, 1.165) is 23.7 Å². The first-order valence-electron chi connectivity index (χ1n) is 8.91. The lowest BCUT2D eigenvalue weighted by molar-refractivity contribution is -0.184. The summed E-state index contributed by atoms with van der Waals surface area (Å²) in [5, 5.41) is 14.9. The first kappa shape index (κ1) is 16.9. The van der Waals surface area contributed by atoms with Crippen LogP contribution in [0.3, 0.4) is 0 Å². The number of nitrogens with zero attached hydrogens (tertiary/aromatic N) is 1. The average Bonchev–Trinajstić information content (AvgIpc) is 3.15. The van der Waals surface area contributed by atoms with Gasteiger partial charge in [0.05, 0.1) is 36.0 Å². The van der Waals surface area contributed by atoms with Gasteiger partial charge in [-0.15, -0.1) is 0 Å². The van der Waals surface area contributed by atoms with Crippen molar-refractivity contribution >= 4 is 34.1 Å². The summed E-state index contributed by atoms with van der Waals surface area (Å²) in [4.78, 5) is 12.5. The van der Waals surface area contributed by atoms with Crippen LogP contribution in [0.2, 0.25) is 5.02 Å². The number of halogens is 1. The Kier molecular flexibility index (Phi) is 4.48. The minimum absolute atomic E-state index is 0.0385. The number of benzene rings is 1. The highest BCUT2D eigenvalue weighted by Crippen LogP contribution is 2.35. The van der Waals surface area contributed by atoms with Crippen molar-refractivity contribution in [1.29, 1.82) is 0 Å². The van der Waals surface area contributed by atoms with Crippen LogP contribution in [-0.4, -0.2) is 34.4 Å². The minimum atomic E-state index is -0.848. The Balaban J connectivity index is 1.60. The molecule has 1 aliphatic heterocycles. The zero-order chi connectivity index (χ0) is 17.4. The monoisotopic (exact) mass is 362 g/mol. The van der Waals surface area contributed by atoms with Gasteiger partial charge in [-0.1, -0.05) is 30.5 Å². The van der Waals surface area contributed by atoms with Crippen LogP contribution in [0, 0.1) is 5.92 Å². The van der Waals surface area contributed by atoms with Gasteiger partial charge in [0.25, 0.3) is 0 Å². The summed E-state index contributed by atoms with van der Waals surface area (Å²) in [6.07, 6.45) is 7.17. The van der Waals surface area contributed by atoms with Gasteiger partial charge in [-0.2, -0.15) is 0 Å². The first-order chi connectivity index (χ1) is 12.0. The third kappa shape index (κ3) is 3.41. The van der Waals surface area contributed by atoms with Gasteiger partial charge in [0.1, 0.15) is 5.60 Å². The molecule has 4 rings (SSSR count). The van der Waals surface area contributed by atoms with Crippen LogP contribution in [0.15, 0.2) is 24.4 Å². The molecule has 25 heavy (non-hydrogen) atoms. The molecule has 0 bridgehead atoms. The molecule has 2 aliphatic rings. The fraction of sp³-hybridized carbons (Fsp3) is 0.526. The van der Waals surface area contributed by atoms with Crippen molar-refractivity contribution in [3.63, 3.8) is 0 Å². The highest BCUT2D eigenvalue weighted by atomic mass is 35.5. The molecule has 1 aromatic heterocycles. The maximum absolute atomic E-state index is 12.5. The van der Waals surface area contributed by atoms with Crippen molar-refractivity contribution in [1.82, 2.24) is 4.57 Å². The molecule has 1 saturated carbocycles. The van der Waals surface area contributed by atoms with E-state index in [1.54, 1.807) is 0 Å². The maximum atomic E-state index is 12.5. The molecule has 0 spiro atoms. The van der Waals surface area contributed by atoms with E-state index >= 15 is 0 Å². The van der Waals surface area contributed by atoms with Gasteiger partial charge in [0, 0.05) is 18.0 Å². The number of carbonyl (C=O) groups is 1. The second-order valence-electron chi connectivity index (χ2n) is 7.42. The minimum Gasteiger partial charge on any atom is -0.383 e. The van der Waals surface area contributed by atoms with Gasteiger partial charge in [-0.05, 0) is 30.9 Å². The van der Waals surface area contributed by atoms with Gasteiger partial charge < -0.3 is 19.7 Å². The molecule has 2 aromatic rings. The summed E-state index contributed by atoms with van der Waals surface area (Å²) in [6, 6.07) is 5.66. The zero-order valence-electron chi connectivity index (χ0n) is 14.1. The lowest BCUT2D eigenvalue weighted by Gasteiger charge is -2.36. The number of aliphatic hydroxyl groups is 1. The molecule has 134 valence electrons. The highest BCUT2D eigenvalue weighted by molar-refractivity contribution is 6.36. The Hall–Kier alpha value is -1.56. The Morgan fingerprint density at radius 1 is 1.36 bits per heavy atom. The standard InChI is InChI=1S/C19H23ClN2O3/c20-14-6-3-7-16-18(14)15(9-22(16)10-19(24)11-25-12-19)21-17(23)8-13-4-1-2-5-13/h3,6-7,9,13,24H,1-2,4-5,8,10-12H2,(H,21,23). The molecule has 1 aliphatic carbocycles. The van der Waals surface area contributed by atoms with Crippen LogP contribution in [0.5, 0.6) is 0 Å². The van der Waals surface area contributed by atoms with Crippen LogP contribution in [0.4, 0.5) is 5.69 Å². The Labute approximate surface area is 151 Å². The van der Waals surface area contributed by atoms with Gasteiger partial charge >= 0.3 is 0 Å². The molecule has 6 heteroatoms. The van der Waals surface area contributed by atoms with E-state index in [1.807, 2.05) is 29.0 Å². The molecule has 1 aromatic carbocycles. The summed E-state index contributed by atoms with van der Waals surface area (Å²) in [5.41, 5.74) is 0.774. The quantitative estimate of drug-likeness (QED) is 0.854. The second-order valence-corrected chi connectivity index (χ2v) is 7.83.